The van der Waals surface area contributed by atoms with Crippen molar-refractivity contribution in [1.82, 2.24) is 15.0 Å². The maximum atomic E-state index is 11.6. The van der Waals surface area contributed by atoms with Crippen molar-refractivity contribution in [3.05, 3.63) is 41.2 Å². The maximum Gasteiger partial charge on any atom is 0.338 e. The molecule has 1 aromatic carbocycles. The molecule has 0 aliphatic heterocycles. The Labute approximate surface area is 121 Å². The number of esters is 1. The number of hydrogen-bond donors (Lipinski definition) is 0. The first-order valence-corrected chi connectivity index (χ1v) is 6.32. The van der Waals surface area contributed by atoms with Crippen LogP contribution in [0.2, 0.25) is 0 Å². The molecule has 2 aromatic rings. The van der Waals surface area contributed by atoms with E-state index in [-0.39, 0.29) is 18.3 Å². The fourth-order valence-corrected chi connectivity index (χ4v) is 1.82. The number of carbonyl (C=O) groups is 1. The van der Waals surface area contributed by atoms with Crippen molar-refractivity contribution in [2.24, 2.45) is 0 Å². The van der Waals surface area contributed by atoms with E-state index in [4.69, 9.17) is 14.7 Å². The zero-order chi connectivity index (χ0) is 15.2. The van der Waals surface area contributed by atoms with Crippen LogP contribution in [-0.2, 0) is 16.1 Å². The minimum absolute atomic E-state index is 0.214. The Morgan fingerprint density at radius 1 is 1.38 bits per heavy atom. The third kappa shape index (κ3) is 3.07. The molecule has 0 fully saturated rings. The van der Waals surface area contributed by atoms with Crippen LogP contribution < -0.4 is 0 Å². The maximum absolute atomic E-state index is 11.6. The standard InChI is InChI=1S/C14H14N4O3/c1-3-21-14(19)10-4-6-11(7-5-10)18-13(9-20-2)12(8-15)16-17-18/h4-7H,3,9H2,1-2H3. The first-order chi connectivity index (χ1) is 10.2. The van der Waals surface area contributed by atoms with Crippen molar-refractivity contribution in [3.8, 4) is 11.8 Å². The third-order valence-corrected chi connectivity index (χ3v) is 2.77. The van der Waals surface area contributed by atoms with E-state index in [0.717, 1.165) is 0 Å². The van der Waals surface area contributed by atoms with Crippen LogP contribution in [0.4, 0.5) is 0 Å². The highest BCUT2D eigenvalue weighted by molar-refractivity contribution is 5.89. The van der Waals surface area contributed by atoms with Crippen LogP contribution in [0.25, 0.3) is 5.69 Å². The van der Waals surface area contributed by atoms with Gasteiger partial charge in [-0.25, -0.2) is 9.48 Å². The summed E-state index contributed by atoms with van der Waals surface area (Å²) >= 11 is 0. The number of ether oxygens (including phenoxy) is 2. The molecular weight excluding hydrogens is 272 g/mol. The van der Waals surface area contributed by atoms with E-state index in [1.807, 2.05) is 6.07 Å². The Bertz CT molecular complexity index is 671. The summed E-state index contributed by atoms with van der Waals surface area (Å²) in [5.74, 6) is -0.377. The highest BCUT2D eigenvalue weighted by Crippen LogP contribution is 2.15. The second kappa shape index (κ2) is 6.63. The molecule has 21 heavy (non-hydrogen) atoms. The van der Waals surface area contributed by atoms with Gasteiger partial charge in [0.25, 0.3) is 0 Å². The summed E-state index contributed by atoms with van der Waals surface area (Å²) in [6.45, 7) is 2.30. The topological polar surface area (TPSA) is 90.0 Å². The predicted octanol–water partition coefficient (Wildman–Crippen LogP) is 1.46. The van der Waals surface area contributed by atoms with E-state index in [2.05, 4.69) is 10.3 Å². The zero-order valence-electron chi connectivity index (χ0n) is 11.7. The molecule has 7 nitrogen and oxygen atoms in total. The van der Waals surface area contributed by atoms with Crippen LogP contribution in [-0.4, -0.2) is 34.7 Å². The van der Waals surface area contributed by atoms with Crippen LogP contribution in [0.1, 0.15) is 28.7 Å². The minimum Gasteiger partial charge on any atom is -0.462 e. The molecule has 0 atom stereocenters. The monoisotopic (exact) mass is 286 g/mol. The highest BCUT2D eigenvalue weighted by atomic mass is 16.5. The molecule has 0 saturated carbocycles. The molecule has 0 saturated heterocycles. The van der Waals surface area contributed by atoms with Crippen molar-refractivity contribution < 1.29 is 14.3 Å². The molecule has 2 rings (SSSR count). The number of carbonyl (C=O) groups excluding carboxylic acids is 1. The van der Waals surface area contributed by atoms with E-state index < -0.39 is 0 Å². The molecule has 0 spiro atoms. The number of benzene rings is 1. The van der Waals surface area contributed by atoms with Gasteiger partial charge in [0.15, 0.2) is 5.69 Å². The number of rotatable bonds is 5. The first kappa shape index (κ1) is 14.7. The van der Waals surface area contributed by atoms with Gasteiger partial charge in [-0.3, -0.25) is 0 Å². The summed E-state index contributed by atoms with van der Waals surface area (Å²) in [5, 5.41) is 16.7. The van der Waals surface area contributed by atoms with Gasteiger partial charge in [0.2, 0.25) is 0 Å². The average molecular weight is 286 g/mol. The third-order valence-electron chi connectivity index (χ3n) is 2.77. The fourth-order valence-electron chi connectivity index (χ4n) is 1.82. The SMILES string of the molecule is CCOC(=O)c1ccc(-n2nnc(C#N)c2COC)cc1. The van der Waals surface area contributed by atoms with Gasteiger partial charge in [-0.15, -0.1) is 5.10 Å². The summed E-state index contributed by atoms with van der Waals surface area (Å²) in [4.78, 5) is 11.6. The van der Waals surface area contributed by atoms with E-state index >= 15 is 0 Å². The lowest BCUT2D eigenvalue weighted by molar-refractivity contribution is 0.0526. The molecular formula is C14H14N4O3. The van der Waals surface area contributed by atoms with Gasteiger partial charge in [0.1, 0.15) is 11.8 Å². The first-order valence-electron chi connectivity index (χ1n) is 6.32. The van der Waals surface area contributed by atoms with Gasteiger partial charge in [0, 0.05) is 7.11 Å². The van der Waals surface area contributed by atoms with Crippen LogP contribution in [0.5, 0.6) is 0 Å². The summed E-state index contributed by atoms with van der Waals surface area (Å²) in [6, 6.07) is 8.66. The van der Waals surface area contributed by atoms with Crippen LogP contribution in [0.3, 0.4) is 0 Å². The Kier molecular flexibility index (Phi) is 4.64. The van der Waals surface area contributed by atoms with Crippen molar-refractivity contribution in [3.63, 3.8) is 0 Å². The van der Waals surface area contributed by atoms with Crippen LogP contribution in [0, 0.1) is 11.3 Å². The second-order valence-corrected chi connectivity index (χ2v) is 4.11. The van der Waals surface area contributed by atoms with Gasteiger partial charge in [-0.05, 0) is 31.2 Å². The van der Waals surface area contributed by atoms with Gasteiger partial charge < -0.3 is 9.47 Å². The number of aromatic nitrogens is 3. The van der Waals surface area contributed by atoms with Gasteiger partial charge in [-0.1, -0.05) is 5.21 Å². The smallest absolute Gasteiger partial charge is 0.338 e. The number of methoxy groups -OCH3 is 1. The zero-order valence-corrected chi connectivity index (χ0v) is 11.7. The second-order valence-electron chi connectivity index (χ2n) is 4.11. The molecule has 1 heterocycles. The summed E-state index contributed by atoms with van der Waals surface area (Å²) in [5.41, 5.74) is 1.91. The van der Waals surface area contributed by atoms with Gasteiger partial charge in [-0.2, -0.15) is 5.26 Å². The largest absolute Gasteiger partial charge is 0.462 e. The predicted molar refractivity (Wildman–Crippen MR) is 72.7 cm³/mol. The molecule has 0 aliphatic rings. The minimum atomic E-state index is -0.377. The van der Waals surface area contributed by atoms with E-state index in [0.29, 0.717) is 23.6 Å². The molecule has 0 amide bonds. The molecule has 0 N–H and O–H groups in total. The normalized spacial score (nSPS) is 10.1. The van der Waals surface area contributed by atoms with Crippen molar-refractivity contribution in [1.29, 1.82) is 5.26 Å². The van der Waals surface area contributed by atoms with Gasteiger partial charge >= 0.3 is 5.97 Å². The molecule has 0 unspecified atom stereocenters. The molecule has 0 bridgehead atoms. The number of nitriles is 1. The van der Waals surface area contributed by atoms with E-state index in [1.165, 1.54) is 11.8 Å². The molecule has 1 aromatic heterocycles. The Morgan fingerprint density at radius 2 is 2.10 bits per heavy atom. The van der Waals surface area contributed by atoms with Crippen molar-refractivity contribution in [2.45, 2.75) is 13.5 Å². The van der Waals surface area contributed by atoms with Crippen molar-refractivity contribution >= 4 is 5.97 Å². The Balaban J connectivity index is 2.33. The van der Waals surface area contributed by atoms with Crippen molar-refractivity contribution in [2.75, 3.05) is 13.7 Å². The van der Waals surface area contributed by atoms with Crippen LogP contribution in [0.15, 0.2) is 24.3 Å². The molecule has 0 aliphatic carbocycles. The number of hydrogen-bond acceptors (Lipinski definition) is 6. The molecule has 108 valence electrons. The Hall–Kier alpha value is -2.72. The lowest BCUT2D eigenvalue weighted by Crippen LogP contribution is -2.07. The van der Waals surface area contributed by atoms with Gasteiger partial charge in [0.05, 0.1) is 24.5 Å². The summed E-state index contributed by atoms with van der Waals surface area (Å²) in [7, 11) is 1.53. The number of nitrogens with zero attached hydrogens (tertiary/aromatic N) is 4. The lowest BCUT2D eigenvalue weighted by Gasteiger charge is -2.07. The fraction of sp³-hybridized carbons (Fsp3) is 0.286. The van der Waals surface area contributed by atoms with Crippen LogP contribution >= 0.6 is 0 Å². The lowest BCUT2D eigenvalue weighted by atomic mass is 10.2. The molecule has 0 radical (unpaired) electrons. The molecule has 7 heteroatoms. The van der Waals surface area contributed by atoms with E-state index in [1.54, 1.807) is 31.2 Å². The Morgan fingerprint density at radius 3 is 2.67 bits per heavy atom. The average Bonchev–Trinajstić information content (AvgIpc) is 2.91. The van der Waals surface area contributed by atoms with E-state index in [9.17, 15) is 4.79 Å². The highest BCUT2D eigenvalue weighted by Gasteiger charge is 2.14. The quantitative estimate of drug-likeness (QED) is 0.773. The summed E-state index contributed by atoms with van der Waals surface area (Å²) < 4.78 is 11.5. The summed E-state index contributed by atoms with van der Waals surface area (Å²) in [6.07, 6.45) is 0.